The molecule has 1 amide bonds. The minimum Gasteiger partial charge on any atom is -0.469 e. The standard InChI is InChI=1S/C15H17NO4/c1-19-14(17)13-11-7-16(8-12(11)13)15(18)20-9-10-5-3-2-4-6-10/h2-6,11-13H,7-9H2,1H3/t11-,12?,13?/m0/s1. The third kappa shape index (κ3) is 2.35. The fraction of sp³-hybridized carbons (Fsp3) is 0.467. The van der Waals surface area contributed by atoms with E-state index in [0.29, 0.717) is 13.1 Å². The number of amides is 1. The molecule has 106 valence electrons. The van der Waals surface area contributed by atoms with Crippen molar-refractivity contribution in [1.29, 1.82) is 0 Å². The van der Waals surface area contributed by atoms with Crippen molar-refractivity contribution in [3.8, 4) is 0 Å². The second-order valence-corrected chi connectivity index (χ2v) is 5.32. The molecule has 1 heterocycles. The highest BCUT2D eigenvalue weighted by Gasteiger charge is 2.61. The predicted octanol–water partition coefficient (Wildman–Crippen LogP) is 1.67. The maximum absolute atomic E-state index is 11.9. The van der Waals surface area contributed by atoms with Crippen LogP contribution in [0.1, 0.15) is 5.56 Å². The van der Waals surface area contributed by atoms with Crippen molar-refractivity contribution in [2.45, 2.75) is 6.61 Å². The van der Waals surface area contributed by atoms with E-state index in [1.807, 2.05) is 30.3 Å². The Bertz CT molecular complexity index is 504. The number of carbonyl (C=O) groups is 2. The third-order valence-corrected chi connectivity index (χ3v) is 4.13. The summed E-state index contributed by atoms with van der Waals surface area (Å²) < 4.78 is 10.0. The Balaban J connectivity index is 1.46. The van der Waals surface area contributed by atoms with E-state index in [2.05, 4.69) is 0 Å². The van der Waals surface area contributed by atoms with Gasteiger partial charge >= 0.3 is 12.1 Å². The van der Waals surface area contributed by atoms with Gasteiger partial charge in [-0.2, -0.15) is 0 Å². The van der Waals surface area contributed by atoms with Gasteiger partial charge in [0, 0.05) is 13.1 Å². The van der Waals surface area contributed by atoms with Crippen LogP contribution in [0.5, 0.6) is 0 Å². The monoisotopic (exact) mass is 275 g/mol. The summed E-state index contributed by atoms with van der Waals surface area (Å²) in [5, 5.41) is 0. The molecule has 2 unspecified atom stereocenters. The summed E-state index contributed by atoms with van der Waals surface area (Å²) >= 11 is 0. The Morgan fingerprint density at radius 2 is 1.85 bits per heavy atom. The second kappa shape index (κ2) is 5.15. The van der Waals surface area contributed by atoms with Crippen LogP contribution in [0.25, 0.3) is 0 Å². The van der Waals surface area contributed by atoms with E-state index in [9.17, 15) is 9.59 Å². The van der Waals surface area contributed by atoms with Crippen molar-refractivity contribution in [2.24, 2.45) is 17.8 Å². The van der Waals surface area contributed by atoms with Gasteiger partial charge in [0.2, 0.25) is 0 Å². The molecule has 0 aromatic heterocycles. The number of rotatable bonds is 3. The summed E-state index contributed by atoms with van der Waals surface area (Å²) in [6, 6.07) is 9.58. The normalized spacial score (nSPS) is 26.9. The number of hydrogen-bond acceptors (Lipinski definition) is 4. The van der Waals surface area contributed by atoms with E-state index in [1.165, 1.54) is 7.11 Å². The highest BCUT2D eigenvalue weighted by atomic mass is 16.6. The fourth-order valence-corrected chi connectivity index (χ4v) is 2.97. The first kappa shape index (κ1) is 13.0. The molecular weight excluding hydrogens is 258 g/mol. The second-order valence-electron chi connectivity index (χ2n) is 5.32. The van der Waals surface area contributed by atoms with Crippen molar-refractivity contribution >= 4 is 12.1 Å². The summed E-state index contributed by atoms with van der Waals surface area (Å²) in [5.41, 5.74) is 0.970. The maximum Gasteiger partial charge on any atom is 0.410 e. The smallest absolute Gasteiger partial charge is 0.410 e. The molecule has 3 atom stereocenters. The maximum atomic E-state index is 11.9. The fourth-order valence-electron chi connectivity index (χ4n) is 2.97. The van der Waals surface area contributed by atoms with Crippen molar-refractivity contribution < 1.29 is 19.1 Å². The van der Waals surface area contributed by atoms with E-state index in [1.54, 1.807) is 4.90 Å². The van der Waals surface area contributed by atoms with Gasteiger partial charge in [-0.05, 0) is 17.4 Å². The van der Waals surface area contributed by atoms with E-state index in [0.717, 1.165) is 5.56 Å². The van der Waals surface area contributed by atoms with Crippen LogP contribution in [-0.4, -0.2) is 37.2 Å². The highest BCUT2D eigenvalue weighted by Crippen LogP contribution is 2.52. The molecule has 2 aliphatic rings. The Labute approximate surface area is 117 Å². The number of fused-ring (bicyclic) bond motifs is 1. The lowest BCUT2D eigenvalue weighted by Gasteiger charge is -2.19. The van der Waals surface area contributed by atoms with Gasteiger partial charge in [0.25, 0.3) is 0 Å². The topological polar surface area (TPSA) is 55.8 Å². The number of likely N-dealkylation sites (tertiary alicyclic amines) is 1. The summed E-state index contributed by atoms with van der Waals surface area (Å²) in [7, 11) is 1.41. The third-order valence-electron chi connectivity index (χ3n) is 4.13. The van der Waals surface area contributed by atoms with Crippen LogP contribution in [0.4, 0.5) is 4.79 Å². The van der Waals surface area contributed by atoms with Crippen LogP contribution < -0.4 is 0 Å². The summed E-state index contributed by atoms with van der Waals surface area (Å²) in [4.78, 5) is 25.0. The van der Waals surface area contributed by atoms with E-state index in [-0.39, 0.29) is 36.4 Å². The number of nitrogens with zero attached hydrogens (tertiary/aromatic N) is 1. The van der Waals surface area contributed by atoms with E-state index >= 15 is 0 Å². The van der Waals surface area contributed by atoms with E-state index < -0.39 is 0 Å². The van der Waals surface area contributed by atoms with Crippen LogP contribution >= 0.6 is 0 Å². The van der Waals surface area contributed by atoms with Crippen molar-refractivity contribution in [1.82, 2.24) is 4.90 Å². The van der Waals surface area contributed by atoms with Crippen LogP contribution in [0.2, 0.25) is 0 Å². The Morgan fingerprint density at radius 3 is 2.45 bits per heavy atom. The molecule has 0 spiro atoms. The first-order valence-corrected chi connectivity index (χ1v) is 6.74. The SMILES string of the molecule is COC(=O)C1C2CN(C(=O)OCc3ccccc3)C[C@@H]21. The molecule has 2 fully saturated rings. The molecule has 1 saturated carbocycles. The average Bonchev–Trinajstić information content (AvgIpc) is 2.99. The van der Waals surface area contributed by atoms with Gasteiger partial charge in [-0.15, -0.1) is 0 Å². The van der Waals surface area contributed by atoms with Crippen molar-refractivity contribution in [2.75, 3.05) is 20.2 Å². The number of benzene rings is 1. The summed E-state index contributed by atoms with van der Waals surface area (Å²) in [6.07, 6.45) is -0.301. The van der Waals surface area contributed by atoms with Gasteiger partial charge in [-0.3, -0.25) is 4.79 Å². The number of carbonyl (C=O) groups excluding carboxylic acids is 2. The number of ether oxygens (including phenoxy) is 2. The lowest BCUT2D eigenvalue weighted by Crippen LogP contribution is -2.33. The first-order valence-electron chi connectivity index (χ1n) is 6.74. The lowest BCUT2D eigenvalue weighted by molar-refractivity contribution is -0.143. The van der Waals surface area contributed by atoms with Gasteiger partial charge < -0.3 is 14.4 Å². The average molecular weight is 275 g/mol. The minimum atomic E-state index is -0.301. The zero-order valence-electron chi connectivity index (χ0n) is 11.3. The van der Waals surface area contributed by atoms with Crippen LogP contribution in [0.15, 0.2) is 30.3 Å². The zero-order valence-corrected chi connectivity index (χ0v) is 11.3. The number of piperidine rings is 1. The van der Waals surface area contributed by atoms with Crippen LogP contribution in [-0.2, 0) is 20.9 Å². The molecule has 1 aliphatic heterocycles. The molecule has 0 N–H and O–H groups in total. The van der Waals surface area contributed by atoms with Gasteiger partial charge in [-0.1, -0.05) is 30.3 Å². The summed E-state index contributed by atoms with van der Waals surface area (Å²) in [5.74, 6) is 0.342. The molecule has 1 aromatic carbocycles. The Kier molecular flexibility index (Phi) is 3.34. The summed E-state index contributed by atoms with van der Waals surface area (Å²) in [6.45, 7) is 1.47. The van der Waals surface area contributed by atoms with Gasteiger partial charge in [0.05, 0.1) is 13.0 Å². The molecular formula is C15H17NO4. The van der Waals surface area contributed by atoms with Crippen molar-refractivity contribution in [3.63, 3.8) is 0 Å². The first-order chi connectivity index (χ1) is 9.70. The molecule has 1 aromatic rings. The number of methoxy groups -OCH3 is 1. The minimum absolute atomic E-state index is 0.0156. The van der Waals surface area contributed by atoms with E-state index in [4.69, 9.17) is 9.47 Å². The molecule has 0 bridgehead atoms. The molecule has 20 heavy (non-hydrogen) atoms. The van der Waals surface area contributed by atoms with Crippen LogP contribution in [0.3, 0.4) is 0 Å². The van der Waals surface area contributed by atoms with Crippen LogP contribution in [0, 0.1) is 17.8 Å². The molecule has 5 heteroatoms. The quantitative estimate of drug-likeness (QED) is 0.787. The molecule has 3 rings (SSSR count). The van der Waals surface area contributed by atoms with Crippen molar-refractivity contribution in [3.05, 3.63) is 35.9 Å². The Morgan fingerprint density at radius 1 is 1.20 bits per heavy atom. The zero-order chi connectivity index (χ0) is 14.1. The molecule has 5 nitrogen and oxygen atoms in total. The van der Waals surface area contributed by atoms with Gasteiger partial charge in [-0.25, -0.2) is 4.79 Å². The largest absolute Gasteiger partial charge is 0.469 e. The molecule has 1 saturated heterocycles. The van der Waals surface area contributed by atoms with Gasteiger partial charge in [0.15, 0.2) is 0 Å². The lowest BCUT2D eigenvalue weighted by atomic mass is 10.2. The van der Waals surface area contributed by atoms with Gasteiger partial charge in [0.1, 0.15) is 6.61 Å². The number of hydrogen-bond donors (Lipinski definition) is 0. The predicted molar refractivity (Wildman–Crippen MR) is 70.7 cm³/mol. The molecule has 1 aliphatic carbocycles. The Hall–Kier alpha value is -2.04. The highest BCUT2D eigenvalue weighted by molar-refractivity contribution is 5.78. The molecule has 0 radical (unpaired) electrons. The number of esters is 1.